The van der Waals surface area contributed by atoms with E-state index in [9.17, 15) is 4.79 Å². The zero-order valence-corrected chi connectivity index (χ0v) is 13.3. The van der Waals surface area contributed by atoms with Gasteiger partial charge in [-0.2, -0.15) is 0 Å². The van der Waals surface area contributed by atoms with Gasteiger partial charge in [0.05, 0.1) is 5.54 Å². The molecule has 1 aromatic carbocycles. The summed E-state index contributed by atoms with van der Waals surface area (Å²) in [6, 6.07) is 8.74. The van der Waals surface area contributed by atoms with E-state index in [4.69, 9.17) is 0 Å². The van der Waals surface area contributed by atoms with Gasteiger partial charge in [-0.25, -0.2) is 0 Å². The number of benzene rings is 1. The quantitative estimate of drug-likeness (QED) is 0.730. The summed E-state index contributed by atoms with van der Waals surface area (Å²) < 4.78 is 2.52. The van der Waals surface area contributed by atoms with Gasteiger partial charge in [0.15, 0.2) is 0 Å². The molecule has 1 spiro atoms. The molecule has 1 amide bonds. The molecule has 5 rings (SSSR count). The Kier molecular flexibility index (Phi) is 2.29. The highest BCUT2D eigenvalue weighted by Crippen LogP contribution is 2.58. The second-order valence-corrected chi connectivity index (χ2v) is 7.56. The van der Waals surface area contributed by atoms with Crippen molar-refractivity contribution in [1.29, 1.82) is 0 Å². The van der Waals surface area contributed by atoms with E-state index in [-0.39, 0.29) is 5.54 Å². The van der Waals surface area contributed by atoms with E-state index in [1.165, 1.54) is 28.6 Å². The van der Waals surface area contributed by atoms with Crippen LogP contribution < -0.4 is 0 Å². The number of rotatable bonds is 0. The Morgan fingerprint density at radius 1 is 1.23 bits per heavy atom. The summed E-state index contributed by atoms with van der Waals surface area (Å²) in [7, 11) is 0. The van der Waals surface area contributed by atoms with Crippen LogP contribution in [0.3, 0.4) is 0 Å². The third kappa shape index (κ3) is 1.27. The molecule has 3 heterocycles. The number of para-hydroxylation sites is 1. The maximum atomic E-state index is 12.6. The van der Waals surface area contributed by atoms with Gasteiger partial charge >= 0.3 is 0 Å². The number of aromatic nitrogens is 1. The lowest BCUT2D eigenvalue weighted by Gasteiger charge is -2.44. The van der Waals surface area contributed by atoms with E-state index < -0.39 is 0 Å². The van der Waals surface area contributed by atoms with Crippen LogP contribution in [-0.2, 0) is 16.9 Å². The SMILES string of the molecule is Cc1c2n(c3ccccc13)CCN1C(=O)CC3CC(C)CC231. The molecule has 3 heteroatoms. The van der Waals surface area contributed by atoms with Crippen LogP contribution in [0.25, 0.3) is 10.9 Å². The molecule has 22 heavy (non-hydrogen) atoms. The van der Waals surface area contributed by atoms with Crippen LogP contribution in [0.4, 0.5) is 0 Å². The first-order valence-corrected chi connectivity index (χ1v) is 8.51. The fraction of sp³-hybridized carbons (Fsp3) is 0.526. The Morgan fingerprint density at radius 3 is 2.91 bits per heavy atom. The molecule has 2 aromatic rings. The molecule has 2 fully saturated rings. The molecular formula is C19H22N2O. The topological polar surface area (TPSA) is 25.2 Å². The molecule has 1 saturated carbocycles. The maximum Gasteiger partial charge on any atom is 0.223 e. The minimum atomic E-state index is -0.0160. The number of amides is 1. The van der Waals surface area contributed by atoms with Gasteiger partial charge in [0.1, 0.15) is 0 Å². The fourth-order valence-corrected chi connectivity index (χ4v) is 5.80. The molecule has 3 atom stereocenters. The number of hydrogen-bond donors (Lipinski definition) is 0. The number of carbonyl (C=O) groups excluding carboxylic acids is 1. The minimum Gasteiger partial charge on any atom is -0.340 e. The molecule has 0 radical (unpaired) electrons. The summed E-state index contributed by atoms with van der Waals surface area (Å²) in [5, 5.41) is 1.37. The average molecular weight is 294 g/mol. The summed E-state index contributed by atoms with van der Waals surface area (Å²) in [5.74, 6) is 1.61. The number of hydrogen-bond acceptors (Lipinski definition) is 1. The molecule has 1 aromatic heterocycles. The van der Waals surface area contributed by atoms with E-state index >= 15 is 0 Å². The normalized spacial score (nSPS) is 33.2. The van der Waals surface area contributed by atoms with Gasteiger partial charge in [-0.1, -0.05) is 25.1 Å². The highest BCUT2D eigenvalue weighted by atomic mass is 16.2. The Labute approximate surface area is 130 Å². The third-order valence-corrected chi connectivity index (χ3v) is 6.41. The van der Waals surface area contributed by atoms with Crippen molar-refractivity contribution >= 4 is 16.8 Å². The van der Waals surface area contributed by atoms with E-state index in [1.807, 2.05) is 0 Å². The van der Waals surface area contributed by atoms with Gasteiger partial charge in [-0.3, -0.25) is 4.79 Å². The minimum absolute atomic E-state index is 0.0160. The fourth-order valence-electron chi connectivity index (χ4n) is 5.80. The van der Waals surface area contributed by atoms with E-state index in [0.717, 1.165) is 25.9 Å². The third-order valence-electron chi connectivity index (χ3n) is 6.41. The molecule has 1 saturated heterocycles. The monoisotopic (exact) mass is 294 g/mol. The van der Waals surface area contributed by atoms with Gasteiger partial charge in [0.2, 0.25) is 5.91 Å². The molecule has 2 aliphatic heterocycles. The zero-order valence-electron chi connectivity index (χ0n) is 13.3. The number of nitrogens with zero attached hydrogens (tertiary/aromatic N) is 2. The van der Waals surface area contributed by atoms with Crippen LogP contribution in [0, 0.1) is 18.8 Å². The average Bonchev–Trinajstić information content (AvgIpc) is 3.06. The van der Waals surface area contributed by atoms with Crippen LogP contribution in [0.15, 0.2) is 24.3 Å². The summed E-state index contributed by atoms with van der Waals surface area (Å²) in [4.78, 5) is 14.8. The lowest BCUT2D eigenvalue weighted by molar-refractivity contribution is -0.133. The largest absolute Gasteiger partial charge is 0.340 e. The molecule has 3 unspecified atom stereocenters. The molecule has 1 aliphatic carbocycles. The van der Waals surface area contributed by atoms with Crippen LogP contribution >= 0.6 is 0 Å². The molecule has 114 valence electrons. The maximum absolute atomic E-state index is 12.6. The smallest absolute Gasteiger partial charge is 0.223 e. The lowest BCUT2D eigenvalue weighted by atomic mass is 9.81. The van der Waals surface area contributed by atoms with Gasteiger partial charge < -0.3 is 9.47 Å². The van der Waals surface area contributed by atoms with Gasteiger partial charge in [-0.05, 0) is 43.2 Å². The van der Waals surface area contributed by atoms with Crippen molar-refractivity contribution in [3.05, 3.63) is 35.5 Å². The summed E-state index contributed by atoms with van der Waals surface area (Å²) in [5.41, 5.74) is 4.17. The number of aryl methyl sites for hydroxylation is 1. The second-order valence-electron chi connectivity index (χ2n) is 7.56. The highest BCUT2D eigenvalue weighted by molar-refractivity contribution is 5.88. The van der Waals surface area contributed by atoms with Crippen molar-refractivity contribution in [3.8, 4) is 0 Å². The molecule has 3 nitrogen and oxygen atoms in total. The van der Waals surface area contributed by atoms with E-state index in [2.05, 4.69) is 47.6 Å². The number of carbonyl (C=O) groups is 1. The Balaban J connectivity index is 1.86. The molecular weight excluding hydrogens is 272 g/mol. The van der Waals surface area contributed by atoms with Crippen molar-refractivity contribution in [1.82, 2.24) is 9.47 Å². The van der Waals surface area contributed by atoms with Gasteiger partial charge in [-0.15, -0.1) is 0 Å². The molecule has 0 bridgehead atoms. The Hall–Kier alpha value is -1.77. The lowest BCUT2D eigenvalue weighted by Crippen LogP contribution is -2.51. The zero-order chi connectivity index (χ0) is 15.1. The van der Waals surface area contributed by atoms with Crippen LogP contribution in [0.1, 0.15) is 37.4 Å². The summed E-state index contributed by atoms with van der Waals surface area (Å²) in [6.45, 7) is 6.44. The van der Waals surface area contributed by atoms with Crippen LogP contribution in [-0.4, -0.2) is 21.9 Å². The van der Waals surface area contributed by atoms with Crippen molar-refractivity contribution < 1.29 is 4.79 Å². The van der Waals surface area contributed by atoms with E-state index in [1.54, 1.807) is 0 Å². The first-order valence-electron chi connectivity index (χ1n) is 8.51. The Morgan fingerprint density at radius 2 is 2.05 bits per heavy atom. The van der Waals surface area contributed by atoms with Crippen molar-refractivity contribution in [2.45, 2.75) is 45.2 Å². The van der Waals surface area contributed by atoms with Crippen LogP contribution in [0.2, 0.25) is 0 Å². The first kappa shape index (κ1) is 12.7. The van der Waals surface area contributed by atoms with Crippen LogP contribution in [0.5, 0.6) is 0 Å². The van der Waals surface area contributed by atoms with Crippen molar-refractivity contribution in [3.63, 3.8) is 0 Å². The van der Waals surface area contributed by atoms with E-state index in [0.29, 0.717) is 17.7 Å². The predicted octanol–water partition coefficient (Wildman–Crippen LogP) is 3.44. The molecule has 0 N–H and O–H groups in total. The Bertz CT molecular complexity index is 805. The molecule has 3 aliphatic rings. The number of fused-ring (bicyclic) bond motifs is 3. The van der Waals surface area contributed by atoms with Crippen molar-refractivity contribution in [2.75, 3.05) is 6.54 Å². The highest BCUT2D eigenvalue weighted by Gasteiger charge is 2.60. The van der Waals surface area contributed by atoms with Crippen molar-refractivity contribution in [2.24, 2.45) is 11.8 Å². The summed E-state index contributed by atoms with van der Waals surface area (Å²) in [6.07, 6.45) is 3.09. The summed E-state index contributed by atoms with van der Waals surface area (Å²) >= 11 is 0. The van der Waals surface area contributed by atoms with Gasteiger partial charge in [0, 0.05) is 36.1 Å². The van der Waals surface area contributed by atoms with Gasteiger partial charge in [0.25, 0.3) is 0 Å². The second kappa shape index (κ2) is 3.95. The standard InChI is InChI=1S/C19H22N2O/c1-12-9-14-10-17(22)21-8-7-20-16-6-4-3-5-15(16)13(2)18(20)19(14,21)11-12/h3-6,12,14H,7-11H2,1-2H3. The predicted molar refractivity (Wildman–Crippen MR) is 86.6 cm³/mol. The first-order chi connectivity index (χ1) is 10.6.